The predicted octanol–water partition coefficient (Wildman–Crippen LogP) is 1.96. The lowest BCUT2D eigenvalue weighted by atomic mass is 10.1. The van der Waals surface area contributed by atoms with Gasteiger partial charge in [0, 0.05) is 11.4 Å². The fraction of sp³-hybridized carbons (Fsp3) is 0.455. The first-order chi connectivity index (χ1) is 8.11. The zero-order chi connectivity index (χ0) is 12.4. The topological polar surface area (TPSA) is 66.8 Å². The fourth-order valence-corrected chi connectivity index (χ4v) is 2.86. The first kappa shape index (κ1) is 11.9. The molecular formula is C11H13NO4S. The number of nitrogens with zero attached hydrogens (tertiary/aromatic N) is 1. The standard InChI is InChI=1S/C11H13NO4S/c1-2-16-10(13)9-5-7-6-12(11(14)15)4-3-8(7)17-9/h5H,2-4,6H2,1H3,(H,14,15). The molecule has 0 unspecified atom stereocenters. The molecule has 1 amide bonds. The van der Waals surface area contributed by atoms with Crippen LogP contribution in [0.25, 0.3) is 0 Å². The molecule has 92 valence electrons. The zero-order valence-electron chi connectivity index (χ0n) is 9.43. The van der Waals surface area contributed by atoms with Crippen LogP contribution in [0.5, 0.6) is 0 Å². The SMILES string of the molecule is CCOC(=O)c1cc2c(s1)CCN(C(=O)O)C2. The van der Waals surface area contributed by atoms with Crippen molar-refractivity contribution in [3.8, 4) is 0 Å². The molecule has 1 aromatic rings. The highest BCUT2D eigenvalue weighted by atomic mass is 32.1. The second-order valence-electron chi connectivity index (χ2n) is 3.73. The molecule has 1 N–H and O–H groups in total. The van der Waals surface area contributed by atoms with Crippen molar-refractivity contribution < 1.29 is 19.4 Å². The summed E-state index contributed by atoms with van der Waals surface area (Å²) in [6.45, 7) is 2.96. The van der Waals surface area contributed by atoms with Gasteiger partial charge >= 0.3 is 12.1 Å². The van der Waals surface area contributed by atoms with Crippen molar-refractivity contribution in [2.75, 3.05) is 13.2 Å². The van der Waals surface area contributed by atoms with Crippen LogP contribution in [-0.2, 0) is 17.7 Å². The summed E-state index contributed by atoms with van der Waals surface area (Å²) < 4.78 is 4.92. The van der Waals surface area contributed by atoms with E-state index >= 15 is 0 Å². The number of carbonyl (C=O) groups is 2. The highest BCUT2D eigenvalue weighted by Gasteiger charge is 2.24. The largest absolute Gasteiger partial charge is 0.465 e. The van der Waals surface area contributed by atoms with Gasteiger partial charge in [0.1, 0.15) is 4.88 Å². The van der Waals surface area contributed by atoms with Crippen LogP contribution in [-0.4, -0.2) is 35.2 Å². The summed E-state index contributed by atoms with van der Waals surface area (Å²) >= 11 is 1.40. The summed E-state index contributed by atoms with van der Waals surface area (Å²) in [7, 11) is 0. The highest BCUT2D eigenvalue weighted by Crippen LogP contribution is 2.28. The van der Waals surface area contributed by atoms with Crippen LogP contribution in [0.1, 0.15) is 27.0 Å². The Morgan fingerprint density at radius 3 is 3.00 bits per heavy atom. The summed E-state index contributed by atoms with van der Waals surface area (Å²) in [5, 5.41) is 8.90. The quantitative estimate of drug-likeness (QED) is 0.820. The average Bonchev–Trinajstić information content (AvgIpc) is 2.71. The van der Waals surface area contributed by atoms with Crippen molar-refractivity contribution >= 4 is 23.4 Å². The molecule has 2 rings (SSSR count). The van der Waals surface area contributed by atoms with Gasteiger partial charge in [-0.1, -0.05) is 0 Å². The Hall–Kier alpha value is -1.56. The molecule has 17 heavy (non-hydrogen) atoms. The Balaban J connectivity index is 2.17. The molecule has 6 heteroatoms. The molecule has 0 saturated carbocycles. The lowest BCUT2D eigenvalue weighted by molar-refractivity contribution is 0.0532. The molecule has 0 atom stereocenters. The first-order valence-corrected chi connectivity index (χ1v) is 6.20. The van der Waals surface area contributed by atoms with Crippen LogP contribution in [0, 0.1) is 0 Å². The molecule has 5 nitrogen and oxygen atoms in total. The Morgan fingerprint density at radius 2 is 2.35 bits per heavy atom. The molecule has 0 aliphatic carbocycles. The molecule has 0 fully saturated rings. The number of thiophene rings is 1. The van der Waals surface area contributed by atoms with Crippen LogP contribution in [0.2, 0.25) is 0 Å². The third-order valence-electron chi connectivity index (χ3n) is 2.61. The molecule has 0 spiro atoms. The number of fused-ring (bicyclic) bond motifs is 1. The summed E-state index contributed by atoms with van der Waals surface area (Å²) in [4.78, 5) is 25.4. The van der Waals surface area contributed by atoms with E-state index in [4.69, 9.17) is 9.84 Å². The van der Waals surface area contributed by atoms with Gasteiger partial charge < -0.3 is 14.7 Å². The Labute approximate surface area is 103 Å². The Morgan fingerprint density at radius 1 is 1.59 bits per heavy atom. The lowest BCUT2D eigenvalue weighted by Gasteiger charge is -2.23. The molecule has 1 aliphatic rings. The zero-order valence-corrected chi connectivity index (χ0v) is 10.2. The Bertz CT molecular complexity index is 454. The molecule has 0 bridgehead atoms. The second kappa shape index (κ2) is 4.75. The number of hydrogen-bond donors (Lipinski definition) is 1. The monoisotopic (exact) mass is 255 g/mol. The van der Waals surface area contributed by atoms with Gasteiger partial charge in [-0.05, 0) is 25.0 Å². The number of rotatable bonds is 2. The highest BCUT2D eigenvalue weighted by molar-refractivity contribution is 7.14. The third-order valence-corrected chi connectivity index (χ3v) is 3.83. The Kier molecular flexibility index (Phi) is 3.33. The van der Waals surface area contributed by atoms with Crippen LogP contribution >= 0.6 is 11.3 Å². The van der Waals surface area contributed by atoms with Crippen molar-refractivity contribution in [1.29, 1.82) is 0 Å². The minimum Gasteiger partial charge on any atom is -0.465 e. The maximum absolute atomic E-state index is 11.5. The van der Waals surface area contributed by atoms with E-state index in [9.17, 15) is 9.59 Å². The van der Waals surface area contributed by atoms with Gasteiger partial charge in [-0.15, -0.1) is 11.3 Å². The first-order valence-electron chi connectivity index (χ1n) is 5.38. The predicted molar refractivity (Wildman–Crippen MR) is 62.4 cm³/mol. The molecule has 1 aliphatic heterocycles. The molecule has 2 heterocycles. The number of amides is 1. The fourth-order valence-electron chi connectivity index (χ4n) is 1.80. The average molecular weight is 255 g/mol. The van der Waals surface area contributed by atoms with Crippen molar-refractivity contribution in [3.05, 3.63) is 21.4 Å². The molecule has 0 aromatic carbocycles. The minimum atomic E-state index is -0.917. The number of hydrogen-bond acceptors (Lipinski definition) is 4. The maximum Gasteiger partial charge on any atom is 0.407 e. The van der Waals surface area contributed by atoms with Gasteiger partial charge in [0.25, 0.3) is 0 Å². The molecular weight excluding hydrogens is 242 g/mol. The van der Waals surface area contributed by atoms with Gasteiger partial charge in [0.2, 0.25) is 0 Å². The van der Waals surface area contributed by atoms with E-state index in [1.54, 1.807) is 13.0 Å². The summed E-state index contributed by atoms with van der Waals surface area (Å²) in [5.41, 5.74) is 0.923. The van der Waals surface area contributed by atoms with Crippen LogP contribution < -0.4 is 0 Å². The summed E-state index contributed by atoms with van der Waals surface area (Å²) in [5.74, 6) is -0.325. The molecule has 0 radical (unpaired) electrons. The van der Waals surface area contributed by atoms with Crippen molar-refractivity contribution in [1.82, 2.24) is 4.90 Å². The third kappa shape index (κ3) is 2.41. The van der Waals surface area contributed by atoms with E-state index in [1.807, 2.05) is 0 Å². The second-order valence-corrected chi connectivity index (χ2v) is 4.87. The van der Waals surface area contributed by atoms with Crippen molar-refractivity contribution in [2.45, 2.75) is 19.9 Å². The summed E-state index contributed by atoms with van der Waals surface area (Å²) in [6.07, 6.45) is -0.245. The van der Waals surface area contributed by atoms with E-state index < -0.39 is 6.09 Å². The van der Waals surface area contributed by atoms with Gasteiger partial charge in [0.15, 0.2) is 0 Å². The van der Waals surface area contributed by atoms with E-state index in [1.165, 1.54) is 16.2 Å². The number of esters is 1. The minimum absolute atomic E-state index is 0.325. The van der Waals surface area contributed by atoms with Gasteiger partial charge in [-0.2, -0.15) is 0 Å². The molecule has 0 saturated heterocycles. The summed E-state index contributed by atoms with van der Waals surface area (Å²) in [6, 6.07) is 1.74. The van der Waals surface area contributed by atoms with Gasteiger partial charge in [0.05, 0.1) is 13.2 Å². The molecule has 1 aromatic heterocycles. The number of carbonyl (C=O) groups excluding carboxylic acids is 1. The van der Waals surface area contributed by atoms with Gasteiger partial charge in [-0.25, -0.2) is 9.59 Å². The van der Waals surface area contributed by atoms with Crippen molar-refractivity contribution in [3.63, 3.8) is 0 Å². The maximum atomic E-state index is 11.5. The number of carboxylic acid groups (broad SMARTS) is 1. The van der Waals surface area contributed by atoms with E-state index in [0.717, 1.165) is 10.4 Å². The van der Waals surface area contributed by atoms with E-state index in [0.29, 0.717) is 31.0 Å². The normalized spacial score (nSPS) is 14.3. The van der Waals surface area contributed by atoms with Crippen molar-refractivity contribution in [2.24, 2.45) is 0 Å². The van der Waals surface area contributed by atoms with Crippen LogP contribution in [0.4, 0.5) is 4.79 Å². The lowest BCUT2D eigenvalue weighted by Crippen LogP contribution is -2.33. The smallest absolute Gasteiger partial charge is 0.407 e. The number of ether oxygens (including phenoxy) is 1. The van der Waals surface area contributed by atoms with E-state index in [-0.39, 0.29) is 5.97 Å². The van der Waals surface area contributed by atoms with Crippen LogP contribution in [0.15, 0.2) is 6.07 Å². The van der Waals surface area contributed by atoms with E-state index in [2.05, 4.69) is 0 Å². The van der Waals surface area contributed by atoms with Gasteiger partial charge in [-0.3, -0.25) is 0 Å². The van der Waals surface area contributed by atoms with Crippen LogP contribution in [0.3, 0.4) is 0 Å².